The Morgan fingerprint density at radius 1 is 1.83 bits per heavy atom. The van der Waals surface area contributed by atoms with E-state index in [4.69, 9.17) is 17.3 Å². The van der Waals surface area contributed by atoms with Crippen LogP contribution in [0.5, 0.6) is 0 Å². The first-order valence-electron chi connectivity index (χ1n) is 1.30. The van der Waals surface area contributed by atoms with Gasteiger partial charge in [0.1, 0.15) is 0 Å². The maximum Gasteiger partial charge on any atom is 0.0281 e. The van der Waals surface area contributed by atoms with E-state index in [-0.39, 0.29) is 12.4 Å². The van der Waals surface area contributed by atoms with E-state index in [9.17, 15) is 0 Å². The Labute approximate surface area is 48.6 Å². The van der Waals surface area contributed by atoms with Gasteiger partial charge in [-0.3, -0.25) is 0 Å². The average Bonchev–Trinajstić information content (AvgIpc) is 1.38. The predicted molar refractivity (Wildman–Crippen MR) is 31.3 cm³/mol. The molecule has 0 spiro atoms. The Morgan fingerprint density at radius 3 is 2.00 bits per heavy atom. The summed E-state index contributed by atoms with van der Waals surface area (Å²) in [5.74, 6) is 0. The van der Waals surface area contributed by atoms with Crippen LogP contribution in [-0.4, -0.2) is 6.54 Å². The molecule has 0 rings (SSSR count). The van der Waals surface area contributed by atoms with Crippen molar-refractivity contribution in [3.8, 4) is 0 Å². The molecule has 1 nitrogen and oxygen atoms in total. The van der Waals surface area contributed by atoms with E-state index >= 15 is 0 Å². The molecule has 0 fully saturated rings. The van der Waals surface area contributed by atoms with Gasteiger partial charge < -0.3 is 5.73 Å². The molecule has 0 aromatic carbocycles. The Balaban J connectivity index is 0. The summed E-state index contributed by atoms with van der Waals surface area (Å²) in [4.78, 5) is 0. The van der Waals surface area contributed by atoms with Gasteiger partial charge >= 0.3 is 0 Å². The molecule has 0 heterocycles. The molecule has 0 bridgehead atoms. The zero-order valence-corrected chi connectivity index (χ0v) is 4.85. The first-order valence-corrected chi connectivity index (χ1v) is 1.68. The predicted octanol–water partition coefficient (Wildman–Crippen LogP) is 1.12. The Kier molecular flexibility index (Phi) is 8.41. The van der Waals surface area contributed by atoms with Crippen molar-refractivity contribution in [2.75, 3.05) is 6.54 Å². The molecule has 0 aromatic rings. The number of halogens is 2. The van der Waals surface area contributed by atoms with Crippen LogP contribution < -0.4 is 5.73 Å². The van der Waals surface area contributed by atoms with Crippen LogP contribution in [0.2, 0.25) is 0 Å². The minimum atomic E-state index is 0. The molecular formula is C3H7Cl2N. The highest BCUT2D eigenvalue weighted by Gasteiger charge is 1.71. The maximum absolute atomic E-state index is 5.14. The van der Waals surface area contributed by atoms with Crippen molar-refractivity contribution >= 4 is 24.0 Å². The number of rotatable bonds is 1. The summed E-state index contributed by atoms with van der Waals surface area (Å²) >= 11 is 5.14. The molecule has 0 aromatic heterocycles. The van der Waals surface area contributed by atoms with Gasteiger partial charge in [0.05, 0.1) is 0 Å². The van der Waals surface area contributed by atoms with Crippen molar-refractivity contribution in [1.82, 2.24) is 0 Å². The quantitative estimate of drug-likeness (QED) is 0.562. The van der Waals surface area contributed by atoms with Crippen LogP contribution in [-0.2, 0) is 0 Å². The van der Waals surface area contributed by atoms with Crippen LogP contribution in [0.1, 0.15) is 0 Å². The second kappa shape index (κ2) is 5.28. The number of nitrogens with two attached hydrogens (primary N) is 1. The van der Waals surface area contributed by atoms with Crippen molar-refractivity contribution in [3.63, 3.8) is 0 Å². The summed E-state index contributed by atoms with van der Waals surface area (Å²) in [6.45, 7) is 3.69. The van der Waals surface area contributed by atoms with Gasteiger partial charge in [-0.25, -0.2) is 0 Å². The van der Waals surface area contributed by atoms with Crippen molar-refractivity contribution in [3.05, 3.63) is 11.6 Å². The van der Waals surface area contributed by atoms with Gasteiger partial charge in [-0.2, -0.15) is 0 Å². The summed E-state index contributed by atoms with van der Waals surface area (Å²) in [6.07, 6.45) is 0. The van der Waals surface area contributed by atoms with Gasteiger partial charge in [-0.05, 0) is 0 Å². The van der Waals surface area contributed by atoms with Crippen LogP contribution >= 0.6 is 24.0 Å². The molecule has 0 amide bonds. The largest absolute Gasteiger partial charge is 0.326 e. The topological polar surface area (TPSA) is 26.0 Å². The first kappa shape index (κ1) is 9.56. The molecule has 0 aliphatic carbocycles. The Bertz CT molecular complexity index is 44.1. The minimum Gasteiger partial charge on any atom is -0.326 e. The second-order valence-electron chi connectivity index (χ2n) is 0.721. The molecule has 0 saturated heterocycles. The monoisotopic (exact) mass is 127 g/mol. The highest BCUT2D eigenvalue weighted by Crippen LogP contribution is 1.87. The van der Waals surface area contributed by atoms with Crippen LogP contribution in [0.3, 0.4) is 0 Å². The standard InChI is InChI=1S/C3H6ClN.ClH/c1-3(4)2-5;/h1-2,5H2;1H. The third kappa shape index (κ3) is 8.86. The molecule has 0 aliphatic rings. The van der Waals surface area contributed by atoms with Crippen molar-refractivity contribution < 1.29 is 0 Å². The normalized spacial score (nSPS) is 6.33. The van der Waals surface area contributed by atoms with Crippen LogP contribution in [0, 0.1) is 0 Å². The molecule has 0 radical (unpaired) electrons. The maximum atomic E-state index is 5.14. The SMILES string of the molecule is C=C(Cl)CN.Cl. The van der Waals surface area contributed by atoms with Gasteiger partial charge in [0.2, 0.25) is 0 Å². The Morgan fingerprint density at radius 2 is 2.00 bits per heavy atom. The molecule has 0 atom stereocenters. The van der Waals surface area contributed by atoms with E-state index in [1.54, 1.807) is 0 Å². The van der Waals surface area contributed by atoms with E-state index < -0.39 is 0 Å². The van der Waals surface area contributed by atoms with Crippen LogP contribution in [0.4, 0.5) is 0 Å². The highest BCUT2D eigenvalue weighted by molar-refractivity contribution is 6.29. The smallest absolute Gasteiger partial charge is 0.0281 e. The summed E-state index contributed by atoms with van der Waals surface area (Å²) in [5.41, 5.74) is 4.94. The fraction of sp³-hybridized carbons (Fsp3) is 0.333. The summed E-state index contributed by atoms with van der Waals surface area (Å²) in [6, 6.07) is 0. The first-order chi connectivity index (χ1) is 2.27. The van der Waals surface area contributed by atoms with Gasteiger partial charge in [0.25, 0.3) is 0 Å². The molecule has 0 saturated carbocycles. The van der Waals surface area contributed by atoms with E-state index in [1.165, 1.54) is 0 Å². The summed E-state index contributed by atoms with van der Waals surface area (Å²) < 4.78 is 0. The van der Waals surface area contributed by atoms with Crippen LogP contribution in [0.15, 0.2) is 11.6 Å². The van der Waals surface area contributed by atoms with Crippen molar-refractivity contribution in [1.29, 1.82) is 0 Å². The third-order valence-electron chi connectivity index (χ3n) is 0.221. The zero-order valence-electron chi connectivity index (χ0n) is 3.28. The minimum absolute atomic E-state index is 0. The lowest BCUT2D eigenvalue weighted by Gasteiger charge is -1.77. The number of hydrogen-bond acceptors (Lipinski definition) is 1. The molecule has 38 valence electrons. The Hall–Kier alpha value is 0.280. The lowest BCUT2D eigenvalue weighted by molar-refractivity contribution is 1.24. The lowest BCUT2D eigenvalue weighted by atomic mass is 10.7. The van der Waals surface area contributed by atoms with Crippen LogP contribution in [0.25, 0.3) is 0 Å². The fourth-order valence-corrected chi connectivity index (χ4v) is 0. The number of hydrogen-bond donors (Lipinski definition) is 1. The van der Waals surface area contributed by atoms with Gasteiger partial charge in [0, 0.05) is 11.6 Å². The molecule has 6 heavy (non-hydrogen) atoms. The molecular weight excluding hydrogens is 121 g/mol. The van der Waals surface area contributed by atoms with E-state index in [0.717, 1.165) is 0 Å². The highest BCUT2D eigenvalue weighted by atomic mass is 35.5. The summed E-state index contributed by atoms with van der Waals surface area (Å²) in [7, 11) is 0. The molecule has 0 aliphatic heterocycles. The van der Waals surface area contributed by atoms with Gasteiger partial charge in [0.15, 0.2) is 0 Å². The molecule has 2 N–H and O–H groups in total. The van der Waals surface area contributed by atoms with Crippen molar-refractivity contribution in [2.45, 2.75) is 0 Å². The van der Waals surface area contributed by atoms with E-state index in [0.29, 0.717) is 11.6 Å². The molecule has 3 heteroatoms. The molecule has 0 unspecified atom stereocenters. The third-order valence-corrected chi connectivity index (χ3v) is 0.376. The fourth-order valence-electron chi connectivity index (χ4n) is 0. The van der Waals surface area contributed by atoms with E-state index in [1.807, 2.05) is 0 Å². The van der Waals surface area contributed by atoms with E-state index in [2.05, 4.69) is 6.58 Å². The zero-order chi connectivity index (χ0) is 4.28. The summed E-state index contributed by atoms with van der Waals surface area (Å²) in [5, 5.41) is 0.505. The second-order valence-corrected chi connectivity index (χ2v) is 1.26. The van der Waals surface area contributed by atoms with Gasteiger partial charge in [-0.1, -0.05) is 18.2 Å². The van der Waals surface area contributed by atoms with Gasteiger partial charge in [-0.15, -0.1) is 12.4 Å². The van der Waals surface area contributed by atoms with Crippen molar-refractivity contribution in [2.24, 2.45) is 5.73 Å². The average molecular weight is 128 g/mol. The lowest BCUT2D eigenvalue weighted by Crippen LogP contribution is -1.95.